The summed E-state index contributed by atoms with van der Waals surface area (Å²) in [5.41, 5.74) is 2.07. The molecule has 2 heterocycles. The normalized spacial score (nSPS) is 18.2. The summed E-state index contributed by atoms with van der Waals surface area (Å²) in [5.74, 6) is 1.36. The molecule has 1 aliphatic heterocycles. The molecule has 0 N–H and O–H groups in total. The molecule has 0 aliphatic carbocycles. The number of rotatable bonds is 3. The maximum Gasteiger partial charge on any atom is 0.225 e. The van der Waals surface area contributed by atoms with Crippen molar-refractivity contribution >= 4 is 5.91 Å². The van der Waals surface area contributed by atoms with Crippen LogP contribution in [0.4, 0.5) is 0 Å². The van der Waals surface area contributed by atoms with E-state index in [0.29, 0.717) is 5.92 Å². The van der Waals surface area contributed by atoms with Crippen LogP contribution in [0.1, 0.15) is 38.3 Å². The van der Waals surface area contributed by atoms with Crippen molar-refractivity contribution < 1.29 is 4.79 Å². The number of carbonyl (C=O) groups is 1. The number of piperidine rings is 1. The molecule has 1 aliphatic rings. The van der Waals surface area contributed by atoms with Crippen LogP contribution in [0.15, 0.2) is 42.6 Å². The molecule has 0 radical (unpaired) electrons. The number of nitrogens with zero attached hydrogens (tertiary/aromatic N) is 3. The molecule has 2 aromatic rings. The van der Waals surface area contributed by atoms with Gasteiger partial charge < -0.3 is 4.90 Å². The van der Waals surface area contributed by atoms with E-state index in [-0.39, 0.29) is 11.8 Å². The number of likely N-dealkylation sites (tertiary alicyclic amines) is 1. The molecule has 0 spiro atoms. The first kappa shape index (κ1) is 15.7. The first-order valence-corrected chi connectivity index (χ1v) is 8.32. The van der Waals surface area contributed by atoms with Crippen molar-refractivity contribution in [3.05, 3.63) is 48.3 Å². The van der Waals surface area contributed by atoms with E-state index < -0.39 is 0 Å². The maximum absolute atomic E-state index is 12.3. The van der Waals surface area contributed by atoms with E-state index in [2.05, 4.69) is 4.98 Å². The largest absolute Gasteiger partial charge is 0.342 e. The minimum Gasteiger partial charge on any atom is -0.342 e. The van der Waals surface area contributed by atoms with Crippen molar-refractivity contribution in [2.75, 3.05) is 13.1 Å². The Morgan fingerprint density at radius 1 is 1.22 bits per heavy atom. The molecule has 1 saturated heterocycles. The maximum atomic E-state index is 12.3. The van der Waals surface area contributed by atoms with E-state index in [0.717, 1.165) is 43.0 Å². The summed E-state index contributed by atoms with van der Waals surface area (Å²) in [6, 6.07) is 12.0. The Hall–Kier alpha value is -2.23. The second-order valence-corrected chi connectivity index (χ2v) is 6.45. The average molecular weight is 309 g/mol. The summed E-state index contributed by atoms with van der Waals surface area (Å²) in [7, 11) is 0. The third-order valence-corrected chi connectivity index (χ3v) is 4.35. The summed E-state index contributed by atoms with van der Waals surface area (Å²) in [6.45, 7) is 5.56. The summed E-state index contributed by atoms with van der Waals surface area (Å²) < 4.78 is 0. The third kappa shape index (κ3) is 3.58. The van der Waals surface area contributed by atoms with Crippen LogP contribution in [-0.2, 0) is 4.79 Å². The van der Waals surface area contributed by atoms with E-state index in [1.165, 1.54) is 0 Å². The van der Waals surface area contributed by atoms with Gasteiger partial charge in [-0.25, -0.2) is 9.97 Å². The second-order valence-electron chi connectivity index (χ2n) is 6.45. The molecule has 120 valence electrons. The highest BCUT2D eigenvalue weighted by atomic mass is 16.2. The first-order chi connectivity index (χ1) is 11.1. The molecule has 0 bridgehead atoms. The van der Waals surface area contributed by atoms with Crippen LogP contribution in [0.25, 0.3) is 11.4 Å². The summed E-state index contributed by atoms with van der Waals surface area (Å²) in [5, 5.41) is 0. The van der Waals surface area contributed by atoms with Gasteiger partial charge in [-0.3, -0.25) is 4.79 Å². The Labute approximate surface area is 137 Å². The fraction of sp³-hybridized carbons (Fsp3) is 0.421. The summed E-state index contributed by atoms with van der Waals surface area (Å²) in [4.78, 5) is 23.4. The molecule has 23 heavy (non-hydrogen) atoms. The number of hydrogen-bond donors (Lipinski definition) is 0. The van der Waals surface area contributed by atoms with Gasteiger partial charge in [0.25, 0.3) is 0 Å². The van der Waals surface area contributed by atoms with Gasteiger partial charge in [0.1, 0.15) is 0 Å². The Morgan fingerprint density at radius 2 is 2.00 bits per heavy atom. The molecular formula is C19H23N3O. The zero-order chi connectivity index (χ0) is 16.2. The zero-order valence-corrected chi connectivity index (χ0v) is 13.8. The predicted octanol–water partition coefficient (Wildman–Crippen LogP) is 3.51. The molecule has 0 unspecified atom stereocenters. The van der Waals surface area contributed by atoms with Gasteiger partial charge in [0.2, 0.25) is 5.91 Å². The van der Waals surface area contributed by atoms with Crippen LogP contribution >= 0.6 is 0 Å². The quantitative estimate of drug-likeness (QED) is 0.871. The SMILES string of the molecule is CC(C)C(=O)N1CCC[C@@H](c2ccnc(-c3ccccc3)n2)C1. The standard InChI is InChI=1S/C19H23N3O/c1-14(2)19(23)22-12-6-9-16(13-22)17-10-11-20-18(21-17)15-7-4-3-5-8-15/h3-5,7-8,10-11,14,16H,6,9,12-13H2,1-2H3/t16-/m1/s1. The van der Waals surface area contributed by atoms with Crippen LogP contribution in [-0.4, -0.2) is 33.9 Å². The van der Waals surface area contributed by atoms with E-state index in [4.69, 9.17) is 4.98 Å². The van der Waals surface area contributed by atoms with Crippen LogP contribution < -0.4 is 0 Å². The van der Waals surface area contributed by atoms with E-state index in [1.54, 1.807) is 0 Å². The van der Waals surface area contributed by atoms with Crippen molar-refractivity contribution in [2.45, 2.75) is 32.6 Å². The fourth-order valence-corrected chi connectivity index (χ4v) is 3.11. The minimum absolute atomic E-state index is 0.0547. The number of hydrogen-bond acceptors (Lipinski definition) is 3. The van der Waals surface area contributed by atoms with Crippen LogP contribution in [0, 0.1) is 5.92 Å². The average Bonchev–Trinajstić information content (AvgIpc) is 2.62. The highest BCUT2D eigenvalue weighted by Gasteiger charge is 2.27. The molecule has 1 aromatic heterocycles. The molecule has 4 nitrogen and oxygen atoms in total. The lowest BCUT2D eigenvalue weighted by Gasteiger charge is -2.33. The van der Waals surface area contributed by atoms with Crippen LogP contribution in [0.5, 0.6) is 0 Å². The van der Waals surface area contributed by atoms with Gasteiger partial charge in [-0.05, 0) is 18.9 Å². The van der Waals surface area contributed by atoms with Gasteiger partial charge in [0, 0.05) is 42.4 Å². The molecule has 4 heteroatoms. The lowest BCUT2D eigenvalue weighted by atomic mass is 9.93. The van der Waals surface area contributed by atoms with Crippen molar-refractivity contribution in [3.8, 4) is 11.4 Å². The number of aromatic nitrogens is 2. The monoisotopic (exact) mass is 309 g/mol. The highest BCUT2D eigenvalue weighted by Crippen LogP contribution is 2.27. The lowest BCUT2D eigenvalue weighted by molar-refractivity contribution is -0.135. The lowest BCUT2D eigenvalue weighted by Crippen LogP contribution is -2.41. The van der Waals surface area contributed by atoms with E-state index in [9.17, 15) is 4.79 Å². The molecule has 1 atom stereocenters. The number of benzene rings is 1. The molecule has 1 aromatic carbocycles. The van der Waals surface area contributed by atoms with Crippen molar-refractivity contribution in [2.24, 2.45) is 5.92 Å². The summed E-state index contributed by atoms with van der Waals surface area (Å²) >= 11 is 0. The topological polar surface area (TPSA) is 46.1 Å². The second kappa shape index (κ2) is 6.90. The van der Waals surface area contributed by atoms with Crippen molar-refractivity contribution in [3.63, 3.8) is 0 Å². The van der Waals surface area contributed by atoms with Gasteiger partial charge in [0.05, 0.1) is 0 Å². The molecule has 1 amide bonds. The van der Waals surface area contributed by atoms with Crippen molar-refractivity contribution in [1.29, 1.82) is 0 Å². The van der Waals surface area contributed by atoms with Crippen LogP contribution in [0.2, 0.25) is 0 Å². The van der Waals surface area contributed by atoms with Crippen molar-refractivity contribution in [1.82, 2.24) is 14.9 Å². The third-order valence-electron chi connectivity index (χ3n) is 4.35. The summed E-state index contributed by atoms with van der Waals surface area (Å²) in [6.07, 6.45) is 3.94. The number of amides is 1. The highest BCUT2D eigenvalue weighted by molar-refractivity contribution is 5.78. The Kier molecular flexibility index (Phi) is 4.70. The minimum atomic E-state index is 0.0547. The van der Waals surface area contributed by atoms with Gasteiger partial charge in [-0.15, -0.1) is 0 Å². The van der Waals surface area contributed by atoms with Crippen LogP contribution in [0.3, 0.4) is 0 Å². The zero-order valence-electron chi connectivity index (χ0n) is 13.8. The number of carbonyl (C=O) groups excluding carboxylic acids is 1. The predicted molar refractivity (Wildman–Crippen MR) is 90.9 cm³/mol. The van der Waals surface area contributed by atoms with Gasteiger partial charge in [-0.1, -0.05) is 44.2 Å². The molecule has 0 saturated carbocycles. The van der Waals surface area contributed by atoms with E-state index >= 15 is 0 Å². The first-order valence-electron chi connectivity index (χ1n) is 8.32. The smallest absolute Gasteiger partial charge is 0.225 e. The molecule has 3 rings (SSSR count). The Bertz CT molecular complexity index is 669. The Balaban J connectivity index is 1.80. The molecule has 1 fully saturated rings. The Morgan fingerprint density at radius 3 is 2.74 bits per heavy atom. The van der Waals surface area contributed by atoms with E-state index in [1.807, 2.05) is 61.3 Å². The molecular weight excluding hydrogens is 286 g/mol. The van der Waals surface area contributed by atoms with Gasteiger partial charge >= 0.3 is 0 Å². The van der Waals surface area contributed by atoms with Gasteiger partial charge in [0.15, 0.2) is 5.82 Å². The fourth-order valence-electron chi connectivity index (χ4n) is 3.11. The van der Waals surface area contributed by atoms with Gasteiger partial charge in [-0.2, -0.15) is 0 Å².